The molecule has 0 spiro atoms. The molecule has 29 heavy (non-hydrogen) atoms. The number of esters is 1. The van der Waals surface area contributed by atoms with Gasteiger partial charge in [-0.15, -0.1) is 0 Å². The van der Waals surface area contributed by atoms with E-state index in [1.54, 1.807) is 0 Å². The van der Waals surface area contributed by atoms with Gasteiger partial charge in [0.25, 0.3) is 5.91 Å². The zero-order valence-electron chi connectivity index (χ0n) is 15.4. The molecule has 1 aliphatic heterocycles. The summed E-state index contributed by atoms with van der Waals surface area (Å²) in [5.41, 5.74) is 0.636. The van der Waals surface area contributed by atoms with E-state index in [9.17, 15) is 19.2 Å². The fourth-order valence-electron chi connectivity index (χ4n) is 3.39. The molecule has 9 heteroatoms. The Morgan fingerprint density at radius 2 is 1.86 bits per heavy atom. The Labute approximate surface area is 172 Å². The molecule has 2 atom stereocenters. The number of carbonyl (C=O) groups is 4. The van der Waals surface area contributed by atoms with Gasteiger partial charge in [-0.1, -0.05) is 23.8 Å². The largest absolute Gasteiger partial charge is 0.456 e. The number of hydrogen-bond acceptors (Lipinski definition) is 6. The van der Waals surface area contributed by atoms with E-state index >= 15 is 0 Å². The molecule has 1 N–H and O–H groups in total. The van der Waals surface area contributed by atoms with Crippen LogP contribution < -0.4 is 5.32 Å². The van der Waals surface area contributed by atoms with Gasteiger partial charge in [0.05, 0.1) is 28.8 Å². The number of carbonyl (C=O) groups excluding carboxylic acids is 4. The summed E-state index contributed by atoms with van der Waals surface area (Å²) in [5, 5.41) is 11.5. The van der Waals surface area contributed by atoms with Crippen LogP contribution in [-0.2, 0) is 23.9 Å². The topological polar surface area (TPSA) is 117 Å². The first-order valence-corrected chi connectivity index (χ1v) is 9.44. The third-order valence-corrected chi connectivity index (χ3v) is 5.19. The van der Waals surface area contributed by atoms with Crippen molar-refractivity contribution < 1.29 is 23.9 Å². The van der Waals surface area contributed by atoms with Crippen molar-refractivity contribution in [2.24, 2.45) is 11.8 Å². The van der Waals surface area contributed by atoms with Gasteiger partial charge in [0.2, 0.25) is 11.8 Å². The Morgan fingerprint density at radius 1 is 1.21 bits per heavy atom. The van der Waals surface area contributed by atoms with Gasteiger partial charge in [0.1, 0.15) is 6.07 Å². The van der Waals surface area contributed by atoms with E-state index in [-0.39, 0.29) is 47.2 Å². The molecule has 0 unspecified atom stereocenters. The third-order valence-electron chi connectivity index (χ3n) is 4.88. The number of nitriles is 1. The summed E-state index contributed by atoms with van der Waals surface area (Å²) in [6, 6.07) is 6.28. The van der Waals surface area contributed by atoms with Crippen LogP contribution in [0.5, 0.6) is 0 Å². The zero-order valence-corrected chi connectivity index (χ0v) is 16.1. The maximum atomic E-state index is 12.3. The molecule has 0 bridgehead atoms. The number of likely N-dealkylation sites (tertiary alicyclic amines) is 1. The van der Waals surface area contributed by atoms with Crippen molar-refractivity contribution in [2.45, 2.75) is 19.3 Å². The number of imide groups is 1. The molecule has 150 valence electrons. The van der Waals surface area contributed by atoms with E-state index < -0.39 is 18.5 Å². The lowest BCUT2D eigenvalue weighted by Crippen LogP contribution is -2.33. The van der Waals surface area contributed by atoms with E-state index in [1.807, 2.05) is 18.2 Å². The van der Waals surface area contributed by atoms with Gasteiger partial charge in [0, 0.05) is 12.2 Å². The highest BCUT2D eigenvalue weighted by molar-refractivity contribution is 6.32. The number of hydrogen-bond donors (Lipinski definition) is 1. The van der Waals surface area contributed by atoms with Gasteiger partial charge in [0.15, 0.2) is 6.61 Å². The normalized spacial score (nSPS) is 20.2. The fraction of sp³-hybridized carbons (Fsp3) is 0.350. The second-order valence-electron chi connectivity index (χ2n) is 6.75. The van der Waals surface area contributed by atoms with Crippen LogP contribution in [0.3, 0.4) is 0 Å². The smallest absolute Gasteiger partial charge is 0.308 e. The quantitative estimate of drug-likeness (QED) is 0.431. The molecule has 2 aliphatic rings. The monoisotopic (exact) mass is 415 g/mol. The van der Waals surface area contributed by atoms with Crippen molar-refractivity contribution >= 4 is 41.0 Å². The van der Waals surface area contributed by atoms with Crippen molar-refractivity contribution in [2.75, 3.05) is 18.5 Å². The highest BCUT2D eigenvalue weighted by Crippen LogP contribution is 2.35. The molecule has 3 amide bonds. The highest BCUT2D eigenvalue weighted by Gasteiger charge is 2.46. The number of anilines is 1. The van der Waals surface area contributed by atoms with Gasteiger partial charge in [-0.2, -0.15) is 5.26 Å². The van der Waals surface area contributed by atoms with E-state index in [4.69, 9.17) is 21.6 Å². The molecule has 0 aromatic heterocycles. The van der Waals surface area contributed by atoms with Crippen LogP contribution in [0.15, 0.2) is 30.4 Å². The van der Waals surface area contributed by atoms with E-state index in [1.165, 1.54) is 18.2 Å². The van der Waals surface area contributed by atoms with Gasteiger partial charge >= 0.3 is 5.97 Å². The minimum atomic E-state index is -0.688. The second-order valence-corrected chi connectivity index (χ2v) is 7.16. The number of halogens is 1. The van der Waals surface area contributed by atoms with Crippen LogP contribution in [0.25, 0.3) is 0 Å². The molecule has 3 rings (SSSR count). The minimum absolute atomic E-state index is 0.0592. The molecule has 1 aromatic carbocycles. The summed E-state index contributed by atoms with van der Waals surface area (Å²) in [5.74, 6) is -2.46. The Hall–Kier alpha value is -3.18. The lowest BCUT2D eigenvalue weighted by molar-refractivity contribution is -0.148. The minimum Gasteiger partial charge on any atom is -0.456 e. The molecule has 1 aliphatic carbocycles. The van der Waals surface area contributed by atoms with Gasteiger partial charge in [-0.05, 0) is 31.0 Å². The summed E-state index contributed by atoms with van der Waals surface area (Å²) in [7, 11) is 0. The van der Waals surface area contributed by atoms with Crippen molar-refractivity contribution in [1.82, 2.24) is 4.90 Å². The van der Waals surface area contributed by atoms with Crippen LogP contribution in [0, 0.1) is 23.2 Å². The molecule has 0 saturated carbocycles. The number of ether oxygens (including phenoxy) is 1. The first-order chi connectivity index (χ1) is 13.9. The van der Waals surface area contributed by atoms with Gasteiger partial charge in [-0.3, -0.25) is 24.1 Å². The summed E-state index contributed by atoms with van der Waals surface area (Å²) < 4.78 is 4.90. The fourth-order valence-corrected chi connectivity index (χ4v) is 3.61. The van der Waals surface area contributed by atoms with Crippen LogP contribution in [0.4, 0.5) is 5.69 Å². The number of benzene rings is 1. The lowest BCUT2D eigenvalue weighted by atomic mass is 9.85. The van der Waals surface area contributed by atoms with Crippen molar-refractivity contribution in [3.63, 3.8) is 0 Å². The molecule has 0 radical (unpaired) electrons. The summed E-state index contributed by atoms with van der Waals surface area (Å²) in [4.78, 5) is 49.6. The molecule has 8 nitrogen and oxygen atoms in total. The number of allylic oxidation sites excluding steroid dienone is 2. The highest BCUT2D eigenvalue weighted by atomic mass is 35.5. The molecular weight excluding hydrogens is 398 g/mol. The maximum Gasteiger partial charge on any atom is 0.308 e. The van der Waals surface area contributed by atoms with Crippen LogP contribution >= 0.6 is 11.6 Å². The van der Waals surface area contributed by atoms with E-state index in [0.29, 0.717) is 18.5 Å². The predicted octanol–water partition coefficient (Wildman–Crippen LogP) is 2.03. The molecule has 1 aromatic rings. The lowest BCUT2D eigenvalue weighted by Gasteiger charge is -2.14. The van der Waals surface area contributed by atoms with Crippen molar-refractivity contribution in [3.05, 3.63) is 40.9 Å². The summed E-state index contributed by atoms with van der Waals surface area (Å²) >= 11 is 5.89. The Morgan fingerprint density at radius 3 is 2.45 bits per heavy atom. The third kappa shape index (κ3) is 4.63. The second kappa shape index (κ2) is 8.88. The molecule has 1 heterocycles. The number of fused-ring (bicyclic) bond motifs is 1. The SMILES string of the molecule is N#Cc1ccc(NC(=O)COC(=O)CCN2C(=O)[C@H]3CC=CC[C@@H]3C2=O)cc1Cl. The number of amides is 3. The summed E-state index contributed by atoms with van der Waals surface area (Å²) in [6.45, 7) is -0.579. The van der Waals surface area contributed by atoms with Crippen molar-refractivity contribution in [3.8, 4) is 6.07 Å². The number of nitrogens with one attached hydrogen (secondary N) is 1. The number of nitrogens with zero attached hydrogens (tertiary/aromatic N) is 2. The zero-order chi connectivity index (χ0) is 21.0. The van der Waals surface area contributed by atoms with E-state index in [2.05, 4.69) is 5.32 Å². The van der Waals surface area contributed by atoms with Crippen molar-refractivity contribution in [1.29, 1.82) is 5.26 Å². The molecule has 1 fully saturated rings. The van der Waals surface area contributed by atoms with E-state index in [0.717, 1.165) is 4.90 Å². The average molecular weight is 416 g/mol. The maximum absolute atomic E-state index is 12.3. The first-order valence-electron chi connectivity index (χ1n) is 9.06. The predicted molar refractivity (Wildman–Crippen MR) is 102 cm³/mol. The molecule has 1 saturated heterocycles. The molecular formula is C20H18ClN3O5. The van der Waals surface area contributed by atoms with Crippen LogP contribution in [0.2, 0.25) is 5.02 Å². The Balaban J connectivity index is 1.44. The Bertz CT molecular complexity index is 911. The Kier molecular flexibility index (Phi) is 6.29. The average Bonchev–Trinajstić information content (AvgIpc) is 2.95. The van der Waals surface area contributed by atoms with Gasteiger partial charge < -0.3 is 10.1 Å². The van der Waals surface area contributed by atoms with Crippen LogP contribution in [-0.4, -0.2) is 41.7 Å². The standard InChI is InChI=1S/C20H18ClN3O5/c21-16-9-13(6-5-12(16)10-22)23-17(25)11-29-18(26)7-8-24-19(27)14-3-1-2-4-15(14)20(24)28/h1-2,5-6,9,14-15H,3-4,7-8,11H2,(H,23,25)/t14-,15-/m0/s1. The summed E-state index contributed by atoms with van der Waals surface area (Å²) in [6.07, 6.45) is 4.68. The van der Waals surface area contributed by atoms with Crippen LogP contribution in [0.1, 0.15) is 24.8 Å². The number of rotatable bonds is 6. The van der Waals surface area contributed by atoms with Gasteiger partial charge in [-0.25, -0.2) is 0 Å². The first kappa shape index (κ1) is 20.6.